The number of nitrogens with one attached hydrogen (secondary N) is 1. The quantitative estimate of drug-likeness (QED) is 0.218. The fraction of sp³-hybridized carbons (Fsp3) is 0.0606. The highest BCUT2D eigenvalue weighted by molar-refractivity contribution is 7.90. The molecule has 0 aliphatic heterocycles. The van der Waals surface area contributed by atoms with Gasteiger partial charge in [-0.25, -0.2) is 26.4 Å². The summed E-state index contributed by atoms with van der Waals surface area (Å²) < 4.78 is 45.6. The lowest BCUT2D eigenvalue weighted by atomic mass is 10.0. The van der Waals surface area contributed by atoms with Crippen molar-refractivity contribution in [3.8, 4) is 16.8 Å². The number of rotatable bonds is 6. The first-order valence-corrected chi connectivity index (χ1v) is 15.1. The highest BCUT2D eigenvalue weighted by Gasteiger charge is 2.29. The molecule has 0 radical (unpaired) electrons. The predicted molar refractivity (Wildman–Crippen MR) is 167 cm³/mol. The summed E-state index contributed by atoms with van der Waals surface area (Å²) in [6, 6.07) is 24.4. The van der Waals surface area contributed by atoms with Crippen LogP contribution in [-0.2, 0) is 10.0 Å². The number of halogens is 1. The number of nitrogen functional groups attached to an aromatic ring is 1. The van der Waals surface area contributed by atoms with Gasteiger partial charge in [0.25, 0.3) is 10.0 Å². The average molecular weight is 605 g/mol. The number of benzene rings is 4. The first-order valence-electron chi connectivity index (χ1n) is 13.7. The Balaban J connectivity index is 1.41. The van der Waals surface area contributed by atoms with Crippen LogP contribution < -0.4 is 5.73 Å². The van der Waals surface area contributed by atoms with E-state index in [1.807, 2.05) is 19.9 Å². The van der Waals surface area contributed by atoms with Gasteiger partial charge < -0.3 is 10.7 Å². The molecule has 4 aromatic carbocycles. The van der Waals surface area contributed by atoms with Crippen molar-refractivity contribution in [1.29, 1.82) is 0 Å². The number of carbonyl (C=O) groups excluding carboxylic acids is 1. The van der Waals surface area contributed by atoms with Gasteiger partial charge in [0.05, 0.1) is 38.9 Å². The molecule has 3 N–H and O–H groups in total. The number of H-pyrrole nitrogens is 1. The third kappa shape index (κ3) is 4.36. The van der Waals surface area contributed by atoms with Crippen LogP contribution in [0.1, 0.15) is 27.4 Å². The van der Waals surface area contributed by atoms with Crippen LogP contribution in [0.3, 0.4) is 0 Å². The van der Waals surface area contributed by atoms with Crippen LogP contribution in [0.15, 0.2) is 102 Å². The van der Waals surface area contributed by atoms with E-state index in [0.29, 0.717) is 27.7 Å². The number of aryl methyl sites for hydroxylation is 2. The molecule has 0 aliphatic rings. The van der Waals surface area contributed by atoms with E-state index in [1.54, 1.807) is 60.7 Å². The van der Waals surface area contributed by atoms with Crippen molar-refractivity contribution < 1.29 is 17.6 Å². The summed E-state index contributed by atoms with van der Waals surface area (Å²) >= 11 is 0. The smallest absolute Gasteiger partial charge is 0.268 e. The number of ketones is 1. The van der Waals surface area contributed by atoms with Gasteiger partial charge in [-0.1, -0.05) is 48.0 Å². The second kappa shape index (κ2) is 10.0. The molecule has 0 atom stereocenters. The molecule has 11 heteroatoms. The SMILES string of the molecule is Cc1ccc(S(=O)(=O)n2c(C(=O)c3cnn(-c4ccc5[nH]c(C)nc5c4)c3N)cc3ccc(-c4ccccc4F)cc32)cc1. The van der Waals surface area contributed by atoms with Crippen molar-refractivity contribution in [2.45, 2.75) is 18.7 Å². The van der Waals surface area contributed by atoms with Gasteiger partial charge >= 0.3 is 0 Å². The largest absolute Gasteiger partial charge is 0.383 e. The number of hydrogen-bond donors (Lipinski definition) is 2. The summed E-state index contributed by atoms with van der Waals surface area (Å²) in [6.45, 7) is 3.70. The Bertz CT molecular complexity index is 2370. The first kappa shape index (κ1) is 27.3. The fourth-order valence-electron chi connectivity index (χ4n) is 5.40. The maximum atomic E-state index is 14.7. The molecule has 218 valence electrons. The summed E-state index contributed by atoms with van der Waals surface area (Å²) in [7, 11) is -4.29. The predicted octanol–water partition coefficient (Wildman–Crippen LogP) is 6.18. The van der Waals surface area contributed by atoms with Crippen molar-refractivity contribution in [3.05, 3.63) is 126 Å². The number of nitrogens with two attached hydrogens (primary N) is 1. The number of aromatic amines is 1. The highest BCUT2D eigenvalue weighted by Crippen LogP contribution is 2.33. The number of anilines is 1. The lowest BCUT2D eigenvalue weighted by molar-refractivity contribution is 0.103. The lowest BCUT2D eigenvalue weighted by Gasteiger charge is -2.13. The summed E-state index contributed by atoms with van der Waals surface area (Å²) in [5, 5.41) is 4.84. The van der Waals surface area contributed by atoms with Crippen LogP contribution in [-0.4, -0.2) is 37.9 Å². The maximum absolute atomic E-state index is 14.7. The molecule has 0 fully saturated rings. The molecule has 0 aliphatic carbocycles. The number of nitrogens with zero attached hydrogens (tertiary/aromatic N) is 4. The molecular formula is C33H25FN6O3S. The number of hydrogen-bond acceptors (Lipinski definition) is 6. The van der Waals surface area contributed by atoms with E-state index in [2.05, 4.69) is 15.1 Å². The van der Waals surface area contributed by atoms with E-state index in [9.17, 15) is 17.6 Å². The van der Waals surface area contributed by atoms with Crippen molar-refractivity contribution in [2.24, 2.45) is 0 Å². The van der Waals surface area contributed by atoms with Crippen LogP contribution >= 0.6 is 0 Å². The summed E-state index contributed by atoms with van der Waals surface area (Å²) in [5.41, 5.74) is 10.4. The number of fused-ring (bicyclic) bond motifs is 2. The summed E-state index contributed by atoms with van der Waals surface area (Å²) in [4.78, 5) is 21.8. The summed E-state index contributed by atoms with van der Waals surface area (Å²) in [5.74, 6) is -0.295. The minimum Gasteiger partial charge on any atom is -0.383 e. The van der Waals surface area contributed by atoms with Gasteiger partial charge in [-0.2, -0.15) is 5.10 Å². The zero-order chi connectivity index (χ0) is 30.7. The average Bonchev–Trinajstić information content (AvgIpc) is 3.70. The zero-order valence-corrected chi connectivity index (χ0v) is 24.4. The van der Waals surface area contributed by atoms with Gasteiger partial charge in [-0.15, -0.1) is 0 Å². The fourth-order valence-corrected chi connectivity index (χ4v) is 6.91. The minimum atomic E-state index is -4.29. The third-order valence-corrected chi connectivity index (χ3v) is 9.36. The molecule has 0 saturated heterocycles. The van der Waals surface area contributed by atoms with Crippen molar-refractivity contribution in [2.75, 3.05) is 5.73 Å². The molecule has 0 spiro atoms. The molecule has 3 aromatic heterocycles. The van der Waals surface area contributed by atoms with Crippen LogP contribution in [0.4, 0.5) is 10.2 Å². The van der Waals surface area contributed by atoms with Gasteiger partial charge in [0.1, 0.15) is 23.2 Å². The van der Waals surface area contributed by atoms with Gasteiger partial charge in [0.15, 0.2) is 0 Å². The van der Waals surface area contributed by atoms with E-state index in [0.717, 1.165) is 20.9 Å². The number of carbonyl (C=O) groups is 1. The van der Waals surface area contributed by atoms with Gasteiger partial charge in [-0.3, -0.25) is 4.79 Å². The van der Waals surface area contributed by atoms with E-state index in [4.69, 9.17) is 5.73 Å². The molecule has 9 nitrogen and oxygen atoms in total. The van der Waals surface area contributed by atoms with Gasteiger partial charge in [-0.05, 0) is 67.9 Å². The van der Waals surface area contributed by atoms with E-state index >= 15 is 0 Å². The number of imidazole rings is 1. The molecule has 44 heavy (non-hydrogen) atoms. The zero-order valence-electron chi connectivity index (χ0n) is 23.6. The van der Waals surface area contributed by atoms with Gasteiger partial charge in [0, 0.05) is 10.9 Å². The van der Waals surface area contributed by atoms with Crippen LogP contribution in [0.25, 0.3) is 38.8 Å². The Labute approximate surface area is 251 Å². The second-order valence-corrected chi connectivity index (χ2v) is 12.4. The van der Waals surface area contributed by atoms with Crippen molar-refractivity contribution >= 4 is 43.6 Å². The standard InChI is InChI=1S/C33H25FN6O3S/c1-19-7-12-24(13-8-19)44(42,43)40-30-15-21(25-5-3-4-6-27(25)34)9-10-22(30)16-31(40)32(41)26-18-36-39(33(26)35)23-11-14-28-29(17-23)38-20(2)37-28/h3-18H,35H2,1-2H3,(H,37,38). The third-order valence-electron chi connectivity index (χ3n) is 7.62. The first-order chi connectivity index (χ1) is 21.1. The van der Waals surface area contributed by atoms with Crippen LogP contribution in [0.5, 0.6) is 0 Å². The maximum Gasteiger partial charge on any atom is 0.268 e. The molecule has 0 unspecified atom stereocenters. The van der Waals surface area contributed by atoms with Crippen LogP contribution in [0.2, 0.25) is 0 Å². The highest BCUT2D eigenvalue weighted by atomic mass is 32.2. The Kier molecular flexibility index (Phi) is 6.22. The Morgan fingerprint density at radius 3 is 2.48 bits per heavy atom. The van der Waals surface area contributed by atoms with E-state index in [1.165, 1.54) is 35.1 Å². The second-order valence-electron chi connectivity index (χ2n) is 10.6. The van der Waals surface area contributed by atoms with Crippen molar-refractivity contribution in [1.82, 2.24) is 23.7 Å². The van der Waals surface area contributed by atoms with E-state index in [-0.39, 0.29) is 27.5 Å². The normalized spacial score (nSPS) is 11.9. The summed E-state index contributed by atoms with van der Waals surface area (Å²) in [6.07, 6.45) is 1.32. The van der Waals surface area contributed by atoms with Gasteiger partial charge in [0.2, 0.25) is 5.78 Å². The van der Waals surface area contributed by atoms with E-state index < -0.39 is 21.6 Å². The monoisotopic (exact) mass is 604 g/mol. The Hall–Kier alpha value is -5.55. The Morgan fingerprint density at radius 2 is 1.70 bits per heavy atom. The topological polar surface area (TPSA) is 129 Å². The molecule has 3 heterocycles. The molecular weight excluding hydrogens is 579 g/mol. The van der Waals surface area contributed by atoms with Crippen LogP contribution in [0, 0.1) is 19.7 Å². The number of aromatic nitrogens is 5. The molecule has 0 bridgehead atoms. The lowest BCUT2D eigenvalue weighted by Crippen LogP contribution is -2.19. The molecule has 0 saturated carbocycles. The molecule has 7 rings (SSSR count). The molecule has 7 aromatic rings. The Morgan fingerprint density at radius 1 is 0.932 bits per heavy atom. The van der Waals surface area contributed by atoms with Crippen molar-refractivity contribution in [3.63, 3.8) is 0 Å². The minimum absolute atomic E-state index is 0.00258. The molecule has 0 amide bonds.